The molecule has 1 fully saturated rings. The second-order valence-electron chi connectivity index (χ2n) is 4.00. The summed E-state index contributed by atoms with van der Waals surface area (Å²) in [7, 11) is 1.83. The van der Waals surface area contributed by atoms with Crippen molar-refractivity contribution in [3.8, 4) is 0 Å². The van der Waals surface area contributed by atoms with Gasteiger partial charge in [0.2, 0.25) is 0 Å². The molecule has 6 N–H and O–H groups in total. The van der Waals surface area contributed by atoms with Crippen molar-refractivity contribution in [3.05, 3.63) is 0 Å². The second kappa shape index (κ2) is 3.96. The fraction of sp³-hybridized carbons (Fsp3) is 0.778. The third-order valence-corrected chi connectivity index (χ3v) is 3.02. The van der Waals surface area contributed by atoms with Crippen LogP contribution in [0, 0.1) is 5.92 Å². The molecule has 1 rings (SSSR count). The van der Waals surface area contributed by atoms with Gasteiger partial charge in [0, 0.05) is 0 Å². The third-order valence-electron chi connectivity index (χ3n) is 3.02. The van der Waals surface area contributed by atoms with Gasteiger partial charge in [-0.15, -0.1) is 0 Å². The topological polar surface area (TPSA) is 95.1 Å². The summed E-state index contributed by atoms with van der Waals surface area (Å²) in [6, 6.07) is 0. The van der Waals surface area contributed by atoms with Gasteiger partial charge >= 0.3 is 5.96 Å². The van der Waals surface area contributed by atoms with Crippen molar-refractivity contribution in [2.75, 3.05) is 13.6 Å². The van der Waals surface area contributed by atoms with E-state index in [1.807, 2.05) is 7.05 Å². The van der Waals surface area contributed by atoms with Crippen LogP contribution in [0.3, 0.4) is 0 Å². The van der Waals surface area contributed by atoms with Crippen LogP contribution in [-0.4, -0.2) is 30.9 Å². The lowest BCUT2D eigenvalue weighted by Gasteiger charge is -2.45. The van der Waals surface area contributed by atoms with Crippen molar-refractivity contribution in [1.82, 2.24) is 5.32 Å². The number of Topliss-reactive ketones (excluding diaryl/α,β-unsaturated/α-hetero) is 1. The molecule has 0 bridgehead atoms. The second-order valence-corrected chi connectivity index (χ2v) is 4.00. The Kier molecular flexibility index (Phi) is 3.10. The highest BCUT2D eigenvalue weighted by molar-refractivity contribution is 5.87. The van der Waals surface area contributed by atoms with Gasteiger partial charge < -0.3 is 5.32 Å². The van der Waals surface area contributed by atoms with E-state index in [1.165, 1.54) is 0 Å². The normalized spacial score (nSPS) is 30.6. The molecule has 80 valence electrons. The molecule has 0 radical (unpaired) electrons. The van der Waals surface area contributed by atoms with Crippen molar-refractivity contribution >= 4 is 11.7 Å². The highest BCUT2D eigenvalue weighted by Gasteiger charge is 2.46. The Morgan fingerprint density at radius 3 is 2.50 bits per heavy atom. The number of carbonyl (C=O) groups excluding carboxylic acids is 1. The molecule has 0 spiro atoms. The zero-order valence-electron chi connectivity index (χ0n) is 8.76. The first-order chi connectivity index (χ1) is 6.50. The molecule has 1 saturated carbocycles. The molecule has 0 aromatic heterocycles. The third kappa shape index (κ3) is 2.04. The Morgan fingerprint density at radius 1 is 1.57 bits per heavy atom. The predicted molar refractivity (Wildman–Crippen MR) is 54.4 cm³/mol. The minimum Gasteiger partial charge on any atom is -0.308 e. The lowest BCUT2D eigenvalue weighted by molar-refractivity contribution is -0.472. The number of likely N-dealkylation sites (N-methyl/N-ethyl adjacent to an activating group) is 1. The van der Waals surface area contributed by atoms with Crippen LogP contribution in [0.25, 0.3) is 0 Å². The lowest BCUT2D eigenvalue weighted by atomic mass is 9.66. The van der Waals surface area contributed by atoms with Crippen molar-refractivity contribution in [2.45, 2.75) is 25.3 Å². The molecule has 1 aliphatic rings. The molecule has 0 atom stereocenters. The Bertz CT molecular complexity index is 252. The molecule has 0 aliphatic heterocycles. The van der Waals surface area contributed by atoms with Crippen LogP contribution in [0.15, 0.2) is 0 Å². The fourth-order valence-electron chi connectivity index (χ4n) is 2.00. The summed E-state index contributed by atoms with van der Waals surface area (Å²) in [5.41, 5.74) is 10.3. The molecule has 0 saturated heterocycles. The molecular formula is C9H19N4O+. The molecule has 14 heavy (non-hydrogen) atoms. The van der Waals surface area contributed by atoms with Crippen LogP contribution >= 0.6 is 0 Å². The molecule has 5 nitrogen and oxygen atoms in total. The summed E-state index contributed by atoms with van der Waals surface area (Å²) in [5.74, 6) is 0.934. The van der Waals surface area contributed by atoms with Gasteiger partial charge in [-0.05, 0) is 32.7 Å². The van der Waals surface area contributed by atoms with E-state index in [9.17, 15) is 4.79 Å². The van der Waals surface area contributed by atoms with Gasteiger partial charge in [0.05, 0.1) is 12.1 Å². The lowest BCUT2D eigenvalue weighted by Crippen LogP contribution is -2.81. The first-order valence-electron chi connectivity index (χ1n) is 4.82. The number of hydrogen-bond donors (Lipinski definition) is 4. The number of hydrogen-bond acceptors (Lipinski definition) is 2. The van der Waals surface area contributed by atoms with E-state index in [2.05, 4.69) is 10.3 Å². The summed E-state index contributed by atoms with van der Waals surface area (Å²) in [5, 5.41) is 3.09. The first kappa shape index (κ1) is 11.0. The number of nitrogens with two attached hydrogens (primary N) is 2. The minimum absolute atomic E-state index is 0.209. The van der Waals surface area contributed by atoms with Gasteiger partial charge in [-0.3, -0.25) is 21.3 Å². The molecule has 1 aliphatic carbocycles. The number of guanidine groups is 1. The summed E-state index contributed by atoms with van der Waals surface area (Å²) in [4.78, 5) is 14.2. The van der Waals surface area contributed by atoms with Crippen molar-refractivity contribution in [2.24, 2.45) is 17.4 Å². The smallest absolute Gasteiger partial charge is 0.308 e. The minimum atomic E-state index is -0.296. The van der Waals surface area contributed by atoms with E-state index in [0.717, 1.165) is 19.4 Å². The molecule has 0 aromatic rings. The van der Waals surface area contributed by atoms with Gasteiger partial charge in [-0.1, -0.05) is 0 Å². The van der Waals surface area contributed by atoms with Gasteiger partial charge in [-0.25, -0.2) is 0 Å². The van der Waals surface area contributed by atoms with E-state index < -0.39 is 0 Å². The number of rotatable bonds is 4. The average molecular weight is 199 g/mol. The number of nitrogens with one attached hydrogen (secondary N) is 2. The Labute approximate surface area is 83.9 Å². The highest BCUT2D eigenvalue weighted by atomic mass is 16.1. The van der Waals surface area contributed by atoms with Crippen LogP contribution in [0.2, 0.25) is 0 Å². The van der Waals surface area contributed by atoms with Gasteiger partial charge in [0.1, 0.15) is 5.78 Å². The largest absolute Gasteiger partial charge is 0.338 e. The van der Waals surface area contributed by atoms with Crippen molar-refractivity contribution in [3.63, 3.8) is 0 Å². The zero-order valence-corrected chi connectivity index (χ0v) is 8.76. The van der Waals surface area contributed by atoms with Crippen molar-refractivity contribution < 1.29 is 9.79 Å². The Hall–Kier alpha value is -1.10. The average Bonchev–Trinajstić information content (AvgIpc) is 2.01. The molecule has 0 amide bonds. The summed E-state index contributed by atoms with van der Waals surface area (Å²) in [6.07, 6.45) is 1.72. The highest BCUT2D eigenvalue weighted by Crippen LogP contribution is 2.37. The molecule has 0 aromatic carbocycles. The first-order valence-corrected chi connectivity index (χ1v) is 4.82. The molecule has 5 heteroatoms. The predicted octanol–water partition coefficient (Wildman–Crippen LogP) is -2.70. The van der Waals surface area contributed by atoms with E-state index in [1.54, 1.807) is 6.92 Å². The van der Waals surface area contributed by atoms with E-state index in [0.29, 0.717) is 5.92 Å². The van der Waals surface area contributed by atoms with Crippen LogP contribution in [0.5, 0.6) is 0 Å². The summed E-state index contributed by atoms with van der Waals surface area (Å²) >= 11 is 0. The maximum atomic E-state index is 11.3. The number of ketones is 1. The summed E-state index contributed by atoms with van der Waals surface area (Å²) in [6.45, 7) is 2.38. The molecular weight excluding hydrogens is 180 g/mol. The van der Waals surface area contributed by atoms with Crippen LogP contribution < -0.4 is 21.8 Å². The van der Waals surface area contributed by atoms with Crippen LogP contribution in [0.4, 0.5) is 0 Å². The van der Waals surface area contributed by atoms with Crippen molar-refractivity contribution in [1.29, 1.82) is 0 Å². The molecule has 0 heterocycles. The van der Waals surface area contributed by atoms with Gasteiger partial charge in [0.25, 0.3) is 0 Å². The quantitative estimate of drug-likeness (QED) is 0.293. The SMILES string of the molecule is CNC1(C(C)=O)CC(C[NH+]=C(N)N)C1. The van der Waals surface area contributed by atoms with Crippen LogP contribution in [-0.2, 0) is 4.79 Å². The van der Waals surface area contributed by atoms with Crippen LogP contribution in [0.1, 0.15) is 19.8 Å². The zero-order chi connectivity index (χ0) is 10.8. The standard InChI is InChI=1S/C9H18N4O/c1-6(14)9(12-2)3-7(4-9)5-13-8(10)11/h7,12H,3-5H2,1-2H3,(H4,10,11,13)/p+1. The van der Waals surface area contributed by atoms with E-state index in [-0.39, 0.29) is 17.3 Å². The van der Waals surface area contributed by atoms with E-state index >= 15 is 0 Å². The monoisotopic (exact) mass is 199 g/mol. The maximum Gasteiger partial charge on any atom is 0.338 e. The van der Waals surface area contributed by atoms with E-state index in [4.69, 9.17) is 11.5 Å². The maximum absolute atomic E-state index is 11.3. The molecule has 0 unspecified atom stereocenters. The van der Waals surface area contributed by atoms with Gasteiger partial charge in [0.15, 0.2) is 0 Å². The number of carbonyl (C=O) groups is 1. The summed E-state index contributed by atoms with van der Waals surface area (Å²) < 4.78 is 0. The Morgan fingerprint density at radius 2 is 2.14 bits per heavy atom. The van der Waals surface area contributed by atoms with Gasteiger partial charge in [-0.2, -0.15) is 0 Å². The Balaban J connectivity index is 2.41. The fourth-order valence-corrected chi connectivity index (χ4v) is 2.00.